The number of carboxylic acids is 1. The van der Waals surface area contributed by atoms with Gasteiger partial charge >= 0.3 is 12.1 Å². The highest BCUT2D eigenvalue weighted by Gasteiger charge is 2.34. The van der Waals surface area contributed by atoms with E-state index >= 15 is 0 Å². The van der Waals surface area contributed by atoms with Gasteiger partial charge in [-0.3, -0.25) is 9.59 Å². The van der Waals surface area contributed by atoms with Gasteiger partial charge in [-0.2, -0.15) is 0 Å². The number of nitrogens with one attached hydrogen (secondary N) is 1. The molecule has 2 saturated heterocycles. The van der Waals surface area contributed by atoms with Crippen molar-refractivity contribution in [3.05, 3.63) is 105 Å². The first-order valence-corrected chi connectivity index (χ1v) is 16.3. The van der Waals surface area contributed by atoms with Gasteiger partial charge in [0.2, 0.25) is 0 Å². The number of carbonyl (C=O) groups excluding carboxylic acids is 2. The first-order valence-electron chi connectivity index (χ1n) is 16.3. The van der Waals surface area contributed by atoms with E-state index < -0.39 is 18.2 Å². The summed E-state index contributed by atoms with van der Waals surface area (Å²) in [5.74, 6) is -1.08. The zero-order chi connectivity index (χ0) is 33.9. The standard InChI is InChI=1S/C37H40N4O7/c1-23-19-25(20-24(2)33(23)42)21-32(35(44)40-17-15-39(16-18-40)29-9-7-27(8-10-29)36(45)46)48-37(47)41-13-11-26(12-14-41)30-22-28-5-3-4-6-31(28)38-34(30)43/h3-10,19-20,22,26,32,42H,11-18,21H2,1-2H3,(H,38,43)(H,45,46)/t32-/m1/s1. The Hall–Kier alpha value is -5.32. The number of aromatic hydroxyl groups is 1. The number of rotatable bonds is 7. The molecule has 0 unspecified atom stereocenters. The number of likely N-dealkylation sites (tertiary alicyclic amines) is 1. The van der Waals surface area contributed by atoms with Crippen LogP contribution in [-0.4, -0.2) is 88.3 Å². The van der Waals surface area contributed by atoms with Crippen molar-refractivity contribution in [3.63, 3.8) is 0 Å². The third-order valence-electron chi connectivity index (χ3n) is 9.54. The van der Waals surface area contributed by atoms with Crippen LogP contribution in [0.3, 0.4) is 0 Å². The Morgan fingerprint density at radius 1 is 0.875 bits per heavy atom. The molecule has 11 heteroatoms. The van der Waals surface area contributed by atoms with Crippen molar-refractivity contribution in [3.8, 4) is 5.75 Å². The number of aryl methyl sites for hydroxylation is 2. The minimum absolute atomic E-state index is 0.000548. The number of hydrogen-bond donors (Lipinski definition) is 3. The smallest absolute Gasteiger partial charge is 0.410 e. The van der Waals surface area contributed by atoms with Gasteiger partial charge in [0.1, 0.15) is 5.75 Å². The maximum absolute atomic E-state index is 14.0. The summed E-state index contributed by atoms with van der Waals surface area (Å²) in [4.78, 5) is 60.0. The topological polar surface area (TPSA) is 143 Å². The molecule has 4 aromatic rings. The second-order valence-corrected chi connectivity index (χ2v) is 12.7. The summed E-state index contributed by atoms with van der Waals surface area (Å²) in [6, 6.07) is 19.9. The quantitative estimate of drug-likeness (QED) is 0.258. The van der Waals surface area contributed by atoms with E-state index in [-0.39, 0.29) is 35.1 Å². The molecule has 2 amide bonds. The van der Waals surface area contributed by atoms with Crippen LogP contribution in [0.4, 0.5) is 10.5 Å². The van der Waals surface area contributed by atoms with E-state index in [1.54, 1.807) is 47.9 Å². The molecule has 2 aliphatic rings. The minimum Gasteiger partial charge on any atom is -0.507 e. The van der Waals surface area contributed by atoms with E-state index in [1.807, 2.05) is 42.5 Å². The second kappa shape index (κ2) is 13.8. The molecule has 0 radical (unpaired) electrons. The fourth-order valence-electron chi connectivity index (χ4n) is 6.80. The molecule has 1 atom stereocenters. The Balaban J connectivity index is 1.13. The summed E-state index contributed by atoms with van der Waals surface area (Å²) in [7, 11) is 0. The third-order valence-corrected chi connectivity index (χ3v) is 9.54. The number of carboxylic acid groups (broad SMARTS) is 1. The Morgan fingerprint density at radius 2 is 1.52 bits per heavy atom. The number of aromatic amines is 1. The van der Waals surface area contributed by atoms with Gasteiger partial charge in [0.25, 0.3) is 11.5 Å². The van der Waals surface area contributed by atoms with Gasteiger partial charge in [0.15, 0.2) is 6.10 Å². The van der Waals surface area contributed by atoms with E-state index in [0.29, 0.717) is 68.8 Å². The molecule has 1 aromatic heterocycles. The first kappa shape index (κ1) is 32.6. The highest BCUT2D eigenvalue weighted by atomic mass is 16.6. The summed E-state index contributed by atoms with van der Waals surface area (Å²) in [5.41, 5.74) is 4.61. The lowest BCUT2D eigenvalue weighted by atomic mass is 9.89. The van der Waals surface area contributed by atoms with Crippen molar-refractivity contribution in [2.45, 2.75) is 45.1 Å². The molecule has 0 aliphatic carbocycles. The number of phenols is 1. The predicted octanol–water partition coefficient (Wildman–Crippen LogP) is 4.82. The number of fused-ring (bicyclic) bond motifs is 1. The molecule has 3 heterocycles. The summed E-state index contributed by atoms with van der Waals surface area (Å²) < 4.78 is 5.98. The molecular weight excluding hydrogens is 612 g/mol. The van der Waals surface area contributed by atoms with Crippen molar-refractivity contribution in [2.24, 2.45) is 0 Å². The molecule has 48 heavy (non-hydrogen) atoms. The second-order valence-electron chi connectivity index (χ2n) is 12.7. The fourth-order valence-corrected chi connectivity index (χ4v) is 6.80. The molecule has 11 nitrogen and oxygen atoms in total. The van der Waals surface area contributed by atoms with E-state index in [0.717, 1.165) is 22.2 Å². The lowest BCUT2D eigenvalue weighted by Crippen LogP contribution is -2.53. The SMILES string of the molecule is Cc1cc(C[C@@H](OC(=O)N2CCC(c3cc4ccccc4[nH]c3=O)CC2)C(=O)N2CCN(c3ccc(C(=O)O)cc3)CC2)cc(C)c1O. The van der Waals surface area contributed by atoms with Crippen molar-refractivity contribution in [1.29, 1.82) is 0 Å². The lowest BCUT2D eigenvalue weighted by molar-refractivity contribution is -0.141. The van der Waals surface area contributed by atoms with E-state index in [9.17, 15) is 29.4 Å². The molecule has 2 aliphatic heterocycles. The number of ether oxygens (including phenoxy) is 1. The Morgan fingerprint density at radius 3 is 2.17 bits per heavy atom. The molecular formula is C37H40N4O7. The summed E-state index contributed by atoms with van der Waals surface area (Å²) >= 11 is 0. The third kappa shape index (κ3) is 7.00. The number of amides is 2. The molecule has 250 valence electrons. The van der Waals surface area contributed by atoms with Gasteiger partial charge < -0.3 is 34.6 Å². The average molecular weight is 653 g/mol. The number of benzene rings is 3. The number of carbonyl (C=O) groups is 3. The van der Waals surface area contributed by atoms with Crippen molar-refractivity contribution < 1.29 is 29.3 Å². The van der Waals surface area contributed by atoms with Crippen molar-refractivity contribution in [1.82, 2.24) is 14.8 Å². The normalized spacial score (nSPS) is 16.2. The zero-order valence-corrected chi connectivity index (χ0v) is 27.1. The molecule has 3 aromatic carbocycles. The van der Waals surface area contributed by atoms with Gasteiger partial charge in [-0.15, -0.1) is 0 Å². The van der Waals surface area contributed by atoms with Crippen LogP contribution < -0.4 is 10.5 Å². The number of piperidine rings is 1. The number of pyridine rings is 1. The predicted molar refractivity (Wildman–Crippen MR) is 182 cm³/mol. The van der Waals surface area contributed by atoms with Crippen LogP contribution in [0, 0.1) is 13.8 Å². The highest BCUT2D eigenvalue weighted by Crippen LogP contribution is 2.29. The number of nitrogens with zero attached hydrogens (tertiary/aromatic N) is 3. The van der Waals surface area contributed by atoms with Crippen LogP contribution >= 0.6 is 0 Å². The monoisotopic (exact) mass is 652 g/mol. The molecule has 0 saturated carbocycles. The van der Waals surface area contributed by atoms with Crippen LogP contribution in [0.1, 0.15) is 51.4 Å². The van der Waals surface area contributed by atoms with E-state index in [1.165, 1.54) is 0 Å². The number of aromatic carboxylic acids is 1. The average Bonchev–Trinajstić information content (AvgIpc) is 3.10. The van der Waals surface area contributed by atoms with Crippen molar-refractivity contribution in [2.75, 3.05) is 44.2 Å². The van der Waals surface area contributed by atoms with Gasteiger partial charge in [-0.05, 0) is 91.1 Å². The number of phenolic OH excluding ortho intramolecular Hbond substituents is 1. The molecule has 6 rings (SSSR count). The Kier molecular flexibility index (Phi) is 9.38. The Labute approximate surface area is 278 Å². The van der Waals surface area contributed by atoms with Crippen LogP contribution in [0.2, 0.25) is 0 Å². The van der Waals surface area contributed by atoms with Crippen molar-refractivity contribution >= 4 is 34.6 Å². The van der Waals surface area contributed by atoms with Gasteiger partial charge in [-0.1, -0.05) is 30.3 Å². The fraction of sp³-hybridized carbons (Fsp3) is 0.351. The molecule has 3 N–H and O–H groups in total. The zero-order valence-electron chi connectivity index (χ0n) is 27.1. The number of piperazine rings is 1. The number of hydrogen-bond acceptors (Lipinski definition) is 7. The molecule has 0 spiro atoms. The van der Waals surface area contributed by atoms with Crippen LogP contribution in [-0.2, 0) is 16.0 Å². The van der Waals surface area contributed by atoms with E-state index in [4.69, 9.17) is 4.74 Å². The summed E-state index contributed by atoms with van der Waals surface area (Å²) in [6.07, 6.45) is -0.277. The minimum atomic E-state index is -1.07. The lowest BCUT2D eigenvalue weighted by Gasteiger charge is -2.38. The summed E-state index contributed by atoms with van der Waals surface area (Å²) in [6.45, 7) is 6.28. The maximum Gasteiger partial charge on any atom is 0.410 e. The molecule has 2 fully saturated rings. The maximum atomic E-state index is 14.0. The number of H-pyrrole nitrogens is 1. The largest absolute Gasteiger partial charge is 0.507 e. The Bertz CT molecular complexity index is 1870. The molecule has 0 bridgehead atoms. The highest BCUT2D eigenvalue weighted by molar-refractivity contribution is 5.88. The van der Waals surface area contributed by atoms with Crippen LogP contribution in [0.15, 0.2) is 71.5 Å². The van der Waals surface area contributed by atoms with Crippen LogP contribution in [0.25, 0.3) is 10.9 Å². The van der Waals surface area contributed by atoms with Crippen LogP contribution in [0.5, 0.6) is 5.75 Å². The van der Waals surface area contributed by atoms with Gasteiger partial charge in [0, 0.05) is 62.5 Å². The number of aromatic nitrogens is 1. The number of anilines is 1. The first-order chi connectivity index (χ1) is 23.1. The summed E-state index contributed by atoms with van der Waals surface area (Å²) in [5, 5.41) is 20.5. The van der Waals surface area contributed by atoms with E-state index in [2.05, 4.69) is 9.88 Å². The van der Waals surface area contributed by atoms with Gasteiger partial charge in [-0.25, -0.2) is 9.59 Å². The van der Waals surface area contributed by atoms with Gasteiger partial charge in [0.05, 0.1) is 5.56 Å². The number of para-hydroxylation sites is 1.